The zero-order valence-electron chi connectivity index (χ0n) is 23.5. The molecule has 1 fully saturated rings. The van der Waals surface area contributed by atoms with E-state index in [0.717, 1.165) is 43.2 Å². The molecule has 1 amide bonds. The fraction of sp³-hybridized carbons (Fsp3) is 0.290. The number of aliphatic hydroxyl groups excluding tert-OH is 1. The second-order valence-corrected chi connectivity index (χ2v) is 10.9. The van der Waals surface area contributed by atoms with Crippen LogP contribution in [-0.4, -0.2) is 52.3 Å². The molecule has 41 heavy (non-hydrogen) atoms. The van der Waals surface area contributed by atoms with Crippen molar-refractivity contribution in [3.63, 3.8) is 0 Å². The fourth-order valence-electron chi connectivity index (χ4n) is 4.67. The zero-order chi connectivity index (χ0) is 29.0. The Morgan fingerprint density at radius 3 is 2.34 bits per heavy atom. The van der Waals surface area contributed by atoms with Gasteiger partial charge in [0.05, 0.1) is 19.8 Å². The molecule has 1 saturated heterocycles. The van der Waals surface area contributed by atoms with E-state index in [1.807, 2.05) is 36.4 Å². The topological polar surface area (TPSA) is 139 Å². The van der Waals surface area contributed by atoms with Gasteiger partial charge < -0.3 is 31.1 Å². The van der Waals surface area contributed by atoms with Gasteiger partial charge >= 0.3 is 0 Å². The number of anilines is 5. The van der Waals surface area contributed by atoms with E-state index in [-0.39, 0.29) is 35.7 Å². The van der Waals surface area contributed by atoms with Gasteiger partial charge in [-0.15, -0.1) is 0 Å². The van der Waals surface area contributed by atoms with Crippen molar-refractivity contribution in [3.8, 4) is 11.4 Å². The van der Waals surface area contributed by atoms with Crippen LogP contribution in [0, 0.1) is 0 Å². The number of nitrogens with zero attached hydrogens (tertiary/aromatic N) is 4. The summed E-state index contributed by atoms with van der Waals surface area (Å²) in [7, 11) is 0. The summed E-state index contributed by atoms with van der Waals surface area (Å²) < 4.78 is 5.44. The lowest BCUT2D eigenvalue weighted by Gasteiger charge is -2.28. The van der Waals surface area contributed by atoms with Crippen molar-refractivity contribution in [2.45, 2.75) is 32.8 Å². The van der Waals surface area contributed by atoms with E-state index >= 15 is 0 Å². The minimum absolute atomic E-state index is 0.0140. The third kappa shape index (κ3) is 6.62. The molecule has 0 aliphatic carbocycles. The number of aliphatic hydroxyl groups is 1. The van der Waals surface area contributed by atoms with Gasteiger partial charge in [-0.05, 0) is 53.4 Å². The molecule has 1 aliphatic rings. The van der Waals surface area contributed by atoms with Gasteiger partial charge in [-0.25, -0.2) is 0 Å². The molecule has 212 valence electrons. The second kappa shape index (κ2) is 11.9. The molecule has 10 heteroatoms. The number of nitrogen functional groups attached to an aromatic ring is 1. The van der Waals surface area contributed by atoms with Crippen molar-refractivity contribution in [2.24, 2.45) is 0 Å². The van der Waals surface area contributed by atoms with Crippen molar-refractivity contribution in [2.75, 3.05) is 47.6 Å². The summed E-state index contributed by atoms with van der Waals surface area (Å²) >= 11 is 0. The summed E-state index contributed by atoms with van der Waals surface area (Å²) in [5.41, 5.74) is 11.1. The summed E-state index contributed by atoms with van der Waals surface area (Å²) in [5.74, 6) is 0.290. The van der Waals surface area contributed by atoms with Gasteiger partial charge in [-0.3, -0.25) is 4.79 Å². The first-order chi connectivity index (χ1) is 19.7. The number of hydrogen-bond donors (Lipinski definition) is 4. The lowest BCUT2D eigenvalue weighted by Crippen LogP contribution is -2.36. The smallest absolute Gasteiger partial charge is 0.255 e. The van der Waals surface area contributed by atoms with Gasteiger partial charge in [0.25, 0.3) is 5.91 Å². The molecule has 5 rings (SSSR count). The normalized spacial score (nSPS) is 13.6. The Labute approximate surface area is 239 Å². The van der Waals surface area contributed by atoms with Crippen molar-refractivity contribution in [1.82, 2.24) is 15.0 Å². The van der Waals surface area contributed by atoms with Crippen molar-refractivity contribution in [1.29, 1.82) is 0 Å². The fourth-order valence-corrected chi connectivity index (χ4v) is 4.67. The molecule has 1 aromatic heterocycles. The monoisotopic (exact) mass is 553 g/mol. The minimum atomic E-state index is -0.341. The lowest BCUT2D eigenvalue weighted by atomic mass is 9.86. The number of nitrogens with two attached hydrogens (primary N) is 1. The summed E-state index contributed by atoms with van der Waals surface area (Å²) in [5, 5.41) is 16.4. The first kappa shape index (κ1) is 28.0. The maximum Gasteiger partial charge on any atom is 0.255 e. The van der Waals surface area contributed by atoms with Crippen LogP contribution in [0.5, 0.6) is 0 Å². The van der Waals surface area contributed by atoms with Crippen LogP contribution in [0.4, 0.5) is 29.0 Å². The summed E-state index contributed by atoms with van der Waals surface area (Å²) in [4.78, 5) is 28.5. The average molecular weight is 554 g/mol. The summed E-state index contributed by atoms with van der Waals surface area (Å²) in [6, 6.07) is 20.8. The van der Waals surface area contributed by atoms with Gasteiger partial charge in [0, 0.05) is 46.8 Å². The first-order valence-electron chi connectivity index (χ1n) is 13.6. The number of aromatic nitrogens is 3. The molecule has 0 spiro atoms. The second-order valence-electron chi connectivity index (χ2n) is 10.9. The van der Waals surface area contributed by atoms with Crippen LogP contribution in [0.25, 0.3) is 11.4 Å². The summed E-state index contributed by atoms with van der Waals surface area (Å²) in [6.07, 6.45) is 0. The number of carbonyl (C=O) groups excluding carboxylic acids is 1. The molecule has 10 nitrogen and oxygen atoms in total. The van der Waals surface area contributed by atoms with Crippen LogP contribution in [0.15, 0.2) is 66.7 Å². The molecule has 3 aromatic carbocycles. The molecule has 5 N–H and O–H groups in total. The van der Waals surface area contributed by atoms with Crippen LogP contribution >= 0.6 is 0 Å². The number of ether oxygens (including phenoxy) is 1. The number of benzene rings is 3. The molecular formula is C31H35N7O3. The van der Waals surface area contributed by atoms with Gasteiger partial charge in [0.1, 0.15) is 0 Å². The number of rotatable bonds is 7. The van der Waals surface area contributed by atoms with E-state index in [1.165, 1.54) is 0 Å². The van der Waals surface area contributed by atoms with E-state index in [9.17, 15) is 9.90 Å². The van der Waals surface area contributed by atoms with Crippen molar-refractivity contribution < 1.29 is 14.6 Å². The highest BCUT2D eigenvalue weighted by molar-refractivity contribution is 6.05. The standard InChI is InChI=1S/C31H35N7O3/c1-31(2,3)21-9-7-20(8-10-21)28(40)34-26-6-4-5-24(25(26)19-39)27-35-29(32)37-30(36-27)33-22-11-13-23(14-12-22)38-15-17-41-18-16-38/h4-14,39H,15-19H2,1-3H3,(H,34,40)(H3,32,33,35,36,37). The van der Waals surface area contributed by atoms with Crippen molar-refractivity contribution in [3.05, 3.63) is 83.4 Å². The Bertz CT molecular complexity index is 1510. The summed E-state index contributed by atoms with van der Waals surface area (Å²) in [6.45, 7) is 9.18. The molecule has 0 atom stereocenters. The van der Waals surface area contributed by atoms with E-state index in [0.29, 0.717) is 22.4 Å². The van der Waals surface area contributed by atoms with E-state index in [4.69, 9.17) is 10.5 Å². The minimum Gasteiger partial charge on any atom is -0.392 e. The van der Waals surface area contributed by atoms with Crippen LogP contribution in [-0.2, 0) is 16.8 Å². The lowest BCUT2D eigenvalue weighted by molar-refractivity contribution is 0.102. The molecule has 2 heterocycles. The van der Waals surface area contributed by atoms with E-state index < -0.39 is 0 Å². The molecule has 4 aromatic rings. The SMILES string of the molecule is CC(C)(C)c1ccc(C(=O)Nc2cccc(-c3nc(N)nc(Nc4ccc(N5CCOCC5)cc4)n3)c2CO)cc1. The number of hydrogen-bond acceptors (Lipinski definition) is 9. The zero-order valence-corrected chi connectivity index (χ0v) is 23.5. The quantitative estimate of drug-likeness (QED) is 0.255. The Balaban J connectivity index is 1.36. The van der Waals surface area contributed by atoms with Gasteiger partial charge in [-0.2, -0.15) is 15.0 Å². The third-order valence-corrected chi connectivity index (χ3v) is 6.99. The Morgan fingerprint density at radius 2 is 1.68 bits per heavy atom. The Hall–Kier alpha value is -4.54. The van der Waals surface area contributed by atoms with E-state index in [2.05, 4.69) is 51.3 Å². The Kier molecular flexibility index (Phi) is 8.14. The highest BCUT2D eigenvalue weighted by atomic mass is 16.5. The maximum absolute atomic E-state index is 13.1. The highest BCUT2D eigenvalue weighted by Crippen LogP contribution is 2.30. The number of carbonyl (C=O) groups is 1. The van der Waals surface area contributed by atoms with E-state index in [1.54, 1.807) is 30.3 Å². The van der Waals surface area contributed by atoms with Crippen molar-refractivity contribution >= 4 is 34.9 Å². The first-order valence-corrected chi connectivity index (χ1v) is 13.6. The number of morpholine rings is 1. The predicted molar refractivity (Wildman–Crippen MR) is 161 cm³/mol. The van der Waals surface area contributed by atoms with Gasteiger partial charge in [0.2, 0.25) is 11.9 Å². The van der Waals surface area contributed by atoms with Crippen LogP contribution in [0.1, 0.15) is 42.3 Å². The molecular weight excluding hydrogens is 518 g/mol. The molecule has 0 saturated carbocycles. The Morgan fingerprint density at radius 1 is 0.976 bits per heavy atom. The molecule has 0 radical (unpaired) electrons. The molecule has 0 bridgehead atoms. The maximum atomic E-state index is 13.1. The third-order valence-electron chi connectivity index (χ3n) is 6.99. The molecule has 0 unspecified atom stereocenters. The van der Waals surface area contributed by atoms with Gasteiger partial charge in [-0.1, -0.05) is 45.0 Å². The largest absolute Gasteiger partial charge is 0.392 e. The van der Waals surface area contributed by atoms with Crippen LogP contribution in [0.2, 0.25) is 0 Å². The predicted octanol–water partition coefficient (Wildman–Crippen LogP) is 4.74. The molecule has 1 aliphatic heterocycles. The van der Waals surface area contributed by atoms with Gasteiger partial charge in [0.15, 0.2) is 5.82 Å². The average Bonchev–Trinajstić information content (AvgIpc) is 2.97. The van der Waals surface area contributed by atoms with Crippen LogP contribution in [0.3, 0.4) is 0 Å². The highest BCUT2D eigenvalue weighted by Gasteiger charge is 2.18. The van der Waals surface area contributed by atoms with Crippen LogP contribution < -0.4 is 21.3 Å². The number of nitrogens with one attached hydrogen (secondary N) is 2. The number of amides is 1.